The third-order valence-corrected chi connectivity index (χ3v) is 4.94. The molecule has 1 N–H and O–H groups in total. The van der Waals surface area contributed by atoms with Crippen LogP contribution in [0.15, 0.2) is 0 Å². The highest BCUT2D eigenvalue weighted by molar-refractivity contribution is 5.84. The molecule has 110 valence electrons. The predicted octanol–water partition coefficient (Wildman–Crippen LogP) is 3.29. The van der Waals surface area contributed by atoms with E-state index in [1.807, 2.05) is 0 Å². The summed E-state index contributed by atoms with van der Waals surface area (Å²) in [5.41, 5.74) is 0. The largest absolute Gasteiger partial charge is 0.323 e. The van der Waals surface area contributed by atoms with Gasteiger partial charge >= 0.3 is 0 Å². The molecule has 2 fully saturated rings. The molecule has 3 atom stereocenters. The van der Waals surface area contributed by atoms with Crippen molar-refractivity contribution in [1.29, 1.82) is 0 Å². The second-order valence-electron chi connectivity index (χ2n) is 6.34. The number of carbonyl (C=O) groups is 1. The van der Waals surface area contributed by atoms with Gasteiger partial charge in [-0.1, -0.05) is 39.5 Å². The molecule has 2 aliphatic rings. The van der Waals surface area contributed by atoms with E-state index in [9.17, 15) is 4.79 Å². The molecular weight excluding hydrogens is 236 g/mol. The first-order valence-corrected chi connectivity index (χ1v) is 8.27. The topological polar surface area (TPSA) is 32.3 Å². The molecule has 3 nitrogen and oxygen atoms in total. The molecular formula is C16H30N2O. The van der Waals surface area contributed by atoms with E-state index in [1.54, 1.807) is 0 Å². The highest BCUT2D eigenvalue weighted by Crippen LogP contribution is 2.33. The number of nitrogens with one attached hydrogen (secondary N) is 1. The lowest BCUT2D eigenvalue weighted by molar-refractivity contribution is -0.133. The molecule has 0 aromatic rings. The maximum absolute atomic E-state index is 12.6. The average molecular weight is 266 g/mol. The molecule has 0 bridgehead atoms. The van der Waals surface area contributed by atoms with Gasteiger partial charge in [0.15, 0.2) is 0 Å². The first kappa shape index (κ1) is 14.8. The van der Waals surface area contributed by atoms with Crippen molar-refractivity contribution >= 4 is 5.91 Å². The lowest BCUT2D eigenvalue weighted by Crippen LogP contribution is -2.46. The van der Waals surface area contributed by atoms with Gasteiger partial charge in [0.25, 0.3) is 0 Å². The normalized spacial score (nSPS) is 30.3. The molecule has 0 spiro atoms. The molecule has 1 aliphatic carbocycles. The Hall–Kier alpha value is -0.570. The van der Waals surface area contributed by atoms with Gasteiger partial charge in [-0.15, -0.1) is 0 Å². The van der Waals surface area contributed by atoms with Gasteiger partial charge in [0.2, 0.25) is 5.91 Å². The molecule has 1 heterocycles. The minimum absolute atomic E-state index is 0.0744. The summed E-state index contributed by atoms with van der Waals surface area (Å²) >= 11 is 0. The zero-order valence-electron chi connectivity index (χ0n) is 12.8. The number of amides is 1. The number of rotatable bonds is 6. The average Bonchev–Trinajstić information content (AvgIpc) is 3.00. The van der Waals surface area contributed by atoms with Crippen molar-refractivity contribution < 1.29 is 4.79 Å². The van der Waals surface area contributed by atoms with Crippen LogP contribution in [0.3, 0.4) is 0 Å². The van der Waals surface area contributed by atoms with Crippen LogP contribution in [0.25, 0.3) is 0 Å². The van der Waals surface area contributed by atoms with E-state index >= 15 is 0 Å². The fraction of sp³-hybridized carbons (Fsp3) is 0.938. The second-order valence-corrected chi connectivity index (χ2v) is 6.34. The van der Waals surface area contributed by atoms with E-state index in [0.717, 1.165) is 31.6 Å². The number of hydrogen-bond donors (Lipinski definition) is 1. The number of nitrogens with zero attached hydrogens (tertiary/aromatic N) is 1. The van der Waals surface area contributed by atoms with Gasteiger partial charge in [-0.05, 0) is 38.5 Å². The minimum Gasteiger partial charge on any atom is -0.323 e. The van der Waals surface area contributed by atoms with E-state index in [2.05, 4.69) is 31.0 Å². The second kappa shape index (κ2) is 6.74. The maximum atomic E-state index is 12.6. The standard InChI is InChI=1S/C16H30N2O/c1-4-8-14-16(19)18(15(17-14)9-5-2)12(3)13-10-6-7-11-13/h12-15,17H,4-11H2,1-3H3. The van der Waals surface area contributed by atoms with Gasteiger partial charge < -0.3 is 4.90 Å². The van der Waals surface area contributed by atoms with Gasteiger partial charge in [-0.3, -0.25) is 10.1 Å². The molecule has 3 heteroatoms. The van der Waals surface area contributed by atoms with Crippen LogP contribution in [0, 0.1) is 5.92 Å². The Morgan fingerprint density at radius 1 is 1.21 bits per heavy atom. The first-order chi connectivity index (χ1) is 9.19. The van der Waals surface area contributed by atoms with Gasteiger partial charge in [0, 0.05) is 6.04 Å². The number of hydrogen-bond acceptors (Lipinski definition) is 2. The molecule has 1 amide bonds. The molecule has 0 aromatic heterocycles. The molecule has 1 aliphatic heterocycles. The van der Waals surface area contributed by atoms with Crippen molar-refractivity contribution in [3.05, 3.63) is 0 Å². The van der Waals surface area contributed by atoms with Gasteiger partial charge in [0.05, 0.1) is 12.2 Å². The van der Waals surface area contributed by atoms with E-state index < -0.39 is 0 Å². The molecule has 1 saturated heterocycles. The van der Waals surface area contributed by atoms with Crippen molar-refractivity contribution in [1.82, 2.24) is 10.2 Å². The summed E-state index contributed by atoms with van der Waals surface area (Å²) in [6, 6.07) is 0.492. The predicted molar refractivity (Wildman–Crippen MR) is 78.8 cm³/mol. The van der Waals surface area contributed by atoms with E-state index in [4.69, 9.17) is 0 Å². The highest BCUT2D eigenvalue weighted by Gasteiger charge is 2.42. The van der Waals surface area contributed by atoms with Crippen molar-refractivity contribution in [2.45, 2.75) is 90.4 Å². The third-order valence-electron chi connectivity index (χ3n) is 4.94. The van der Waals surface area contributed by atoms with Crippen molar-refractivity contribution in [2.75, 3.05) is 0 Å². The smallest absolute Gasteiger partial charge is 0.241 e. The summed E-state index contributed by atoms with van der Waals surface area (Å²) < 4.78 is 0. The number of carbonyl (C=O) groups excluding carboxylic acids is 1. The van der Waals surface area contributed by atoms with Gasteiger partial charge in [-0.2, -0.15) is 0 Å². The van der Waals surface area contributed by atoms with Crippen LogP contribution >= 0.6 is 0 Å². The fourth-order valence-corrected chi connectivity index (χ4v) is 3.86. The van der Waals surface area contributed by atoms with Crippen molar-refractivity contribution in [2.24, 2.45) is 5.92 Å². The van der Waals surface area contributed by atoms with Crippen molar-refractivity contribution in [3.63, 3.8) is 0 Å². The Bertz CT molecular complexity index is 299. The zero-order valence-corrected chi connectivity index (χ0v) is 12.8. The zero-order chi connectivity index (χ0) is 13.8. The highest BCUT2D eigenvalue weighted by atomic mass is 16.2. The molecule has 2 rings (SSSR count). The Kier molecular flexibility index (Phi) is 5.26. The Morgan fingerprint density at radius 2 is 1.84 bits per heavy atom. The van der Waals surface area contributed by atoms with Crippen LogP contribution in [0.4, 0.5) is 0 Å². The summed E-state index contributed by atoms with van der Waals surface area (Å²) in [7, 11) is 0. The van der Waals surface area contributed by atoms with Gasteiger partial charge in [-0.25, -0.2) is 0 Å². The quantitative estimate of drug-likeness (QED) is 0.800. The first-order valence-electron chi connectivity index (χ1n) is 8.27. The summed E-state index contributed by atoms with van der Waals surface area (Å²) in [4.78, 5) is 14.8. The van der Waals surface area contributed by atoms with Crippen molar-refractivity contribution in [3.8, 4) is 0 Å². The summed E-state index contributed by atoms with van der Waals surface area (Å²) in [6.45, 7) is 6.64. The Balaban J connectivity index is 2.07. The lowest BCUT2D eigenvalue weighted by Gasteiger charge is -2.34. The lowest BCUT2D eigenvalue weighted by atomic mass is 9.97. The fourth-order valence-electron chi connectivity index (χ4n) is 3.86. The van der Waals surface area contributed by atoms with Crippen LogP contribution < -0.4 is 5.32 Å². The van der Waals surface area contributed by atoms with E-state index in [0.29, 0.717) is 11.9 Å². The van der Waals surface area contributed by atoms with Gasteiger partial charge in [0.1, 0.15) is 0 Å². The van der Waals surface area contributed by atoms with Crippen LogP contribution in [-0.4, -0.2) is 29.1 Å². The monoisotopic (exact) mass is 266 g/mol. The molecule has 0 radical (unpaired) electrons. The third kappa shape index (κ3) is 3.13. The summed E-state index contributed by atoms with van der Waals surface area (Å²) in [5, 5.41) is 3.57. The minimum atomic E-state index is 0.0744. The SMILES string of the molecule is CCCC1NC(CCC)N(C(C)C2CCCC2)C1=O. The van der Waals surface area contributed by atoms with Crippen LogP contribution in [0.1, 0.15) is 72.1 Å². The van der Waals surface area contributed by atoms with Crippen LogP contribution in [0.2, 0.25) is 0 Å². The molecule has 3 unspecified atom stereocenters. The summed E-state index contributed by atoms with van der Waals surface area (Å²) in [6.07, 6.45) is 9.87. The van der Waals surface area contributed by atoms with E-state index in [-0.39, 0.29) is 12.2 Å². The Labute approximate surface area is 118 Å². The molecule has 0 aromatic carbocycles. The maximum Gasteiger partial charge on any atom is 0.241 e. The summed E-state index contributed by atoms with van der Waals surface area (Å²) in [5.74, 6) is 1.09. The van der Waals surface area contributed by atoms with E-state index in [1.165, 1.54) is 25.7 Å². The van der Waals surface area contributed by atoms with Crippen LogP contribution in [0.5, 0.6) is 0 Å². The molecule has 1 saturated carbocycles. The Morgan fingerprint density at radius 3 is 2.42 bits per heavy atom. The molecule has 19 heavy (non-hydrogen) atoms. The van der Waals surface area contributed by atoms with Crippen LogP contribution in [-0.2, 0) is 4.79 Å².